The highest BCUT2D eigenvalue weighted by molar-refractivity contribution is 5.83. The number of aliphatic hydroxyl groups is 1. The fraction of sp³-hybridized carbons (Fsp3) is 0.125. The van der Waals surface area contributed by atoms with E-state index in [1.54, 1.807) is 0 Å². The van der Waals surface area contributed by atoms with Crippen LogP contribution in [0.15, 0.2) is 48.7 Å². The van der Waals surface area contributed by atoms with Gasteiger partial charge in [0.15, 0.2) is 0 Å². The Kier molecular flexibility index (Phi) is 3.24. The van der Waals surface area contributed by atoms with Gasteiger partial charge in [0.1, 0.15) is 11.6 Å². The van der Waals surface area contributed by atoms with Gasteiger partial charge in [-0.2, -0.15) is 0 Å². The van der Waals surface area contributed by atoms with Crippen molar-refractivity contribution in [3.63, 3.8) is 0 Å². The van der Waals surface area contributed by atoms with Gasteiger partial charge >= 0.3 is 0 Å². The summed E-state index contributed by atoms with van der Waals surface area (Å²) < 4.78 is 28.5. The molecule has 0 aliphatic carbocycles. The molecule has 4 heteroatoms. The van der Waals surface area contributed by atoms with Crippen molar-refractivity contribution in [3.05, 3.63) is 71.4 Å². The van der Waals surface area contributed by atoms with E-state index in [4.69, 9.17) is 0 Å². The van der Waals surface area contributed by atoms with Crippen LogP contribution in [0.25, 0.3) is 10.9 Å². The van der Waals surface area contributed by atoms with Crippen LogP contribution in [0.2, 0.25) is 0 Å². The topological polar surface area (TPSA) is 25.2 Å². The maximum Gasteiger partial charge on any atom is 0.131 e. The first-order valence-electron chi connectivity index (χ1n) is 6.30. The first kappa shape index (κ1) is 12.8. The van der Waals surface area contributed by atoms with Gasteiger partial charge in [-0.15, -0.1) is 0 Å². The molecular weight excluding hydrogens is 260 g/mol. The Morgan fingerprint density at radius 2 is 1.85 bits per heavy atom. The van der Waals surface area contributed by atoms with E-state index < -0.39 is 11.6 Å². The quantitative estimate of drug-likeness (QED) is 0.776. The summed E-state index contributed by atoms with van der Waals surface area (Å²) in [4.78, 5) is 0. The van der Waals surface area contributed by atoms with E-state index >= 15 is 0 Å². The van der Waals surface area contributed by atoms with Gasteiger partial charge in [-0.1, -0.05) is 18.2 Å². The second-order valence-electron chi connectivity index (χ2n) is 4.69. The molecule has 0 saturated carbocycles. The maximum atomic E-state index is 13.7. The summed E-state index contributed by atoms with van der Waals surface area (Å²) in [5, 5.41) is 10.2. The van der Waals surface area contributed by atoms with Crippen molar-refractivity contribution in [1.29, 1.82) is 0 Å². The smallest absolute Gasteiger partial charge is 0.131 e. The van der Waals surface area contributed by atoms with Gasteiger partial charge in [0, 0.05) is 28.7 Å². The Morgan fingerprint density at radius 1 is 1.00 bits per heavy atom. The van der Waals surface area contributed by atoms with Gasteiger partial charge in [-0.25, -0.2) is 8.78 Å². The number of fused-ring (bicyclic) bond motifs is 1. The average Bonchev–Trinajstić information content (AvgIpc) is 2.85. The predicted octanol–water partition coefficient (Wildman–Crippen LogP) is 3.46. The van der Waals surface area contributed by atoms with E-state index in [-0.39, 0.29) is 6.61 Å². The Morgan fingerprint density at radius 3 is 2.60 bits per heavy atom. The Balaban J connectivity index is 2.03. The van der Waals surface area contributed by atoms with E-state index in [0.29, 0.717) is 12.1 Å². The molecule has 102 valence electrons. The number of aliphatic hydroxyl groups excluding tert-OH is 1. The summed E-state index contributed by atoms with van der Waals surface area (Å²) in [5.41, 5.74) is 2.18. The van der Waals surface area contributed by atoms with E-state index in [0.717, 1.165) is 22.5 Å². The van der Waals surface area contributed by atoms with Crippen molar-refractivity contribution in [2.24, 2.45) is 0 Å². The lowest BCUT2D eigenvalue weighted by Gasteiger charge is -2.08. The maximum absolute atomic E-state index is 13.7. The van der Waals surface area contributed by atoms with Gasteiger partial charge in [-0.05, 0) is 23.8 Å². The number of nitrogens with zero attached hydrogens (tertiary/aromatic N) is 1. The van der Waals surface area contributed by atoms with Crippen LogP contribution in [-0.4, -0.2) is 9.67 Å². The summed E-state index contributed by atoms with van der Waals surface area (Å²) in [6, 6.07) is 11.1. The molecule has 1 heterocycles. The van der Waals surface area contributed by atoms with Crippen molar-refractivity contribution in [2.75, 3.05) is 0 Å². The molecule has 1 aromatic heterocycles. The lowest BCUT2D eigenvalue weighted by Crippen LogP contribution is -2.01. The minimum Gasteiger partial charge on any atom is -0.392 e. The van der Waals surface area contributed by atoms with Crippen LogP contribution in [0.3, 0.4) is 0 Å². The molecule has 2 nitrogen and oxygen atoms in total. The summed E-state index contributed by atoms with van der Waals surface area (Å²) >= 11 is 0. The van der Waals surface area contributed by atoms with Crippen molar-refractivity contribution < 1.29 is 13.9 Å². The number of aromatic nitrogens is 1. The van der Waals surface area contributed by atoms with Crippen molar-refractivity contribution in [3.8, 4) is 0 Å². The molecule has 3 aromatic rings. The van der Waals surface area contributed by atoms with Crippen LogP contribution in [0.5, 0.6) is 0 Å². The van der Waals surface area contributed by atoms with E-state index in [9.17, 15) is 13.9 Å². The van der Waals surface area contributed by atoms with Gasteiger partial charge in [0.25, 0.3) is 0 Å². The monoisotopic (exact) mass is 273 g/mol. The van der Waals surface area contributed by atoms with Gasteiger partial charge in [0.05, 0.1) is 13.2 Å². The van der Waals surface area contributed by atoms with Crippen molar-refractivity contribution >= 4 is 10.9 Å². The third-order valence-electron chi connectivity index (χ3n) is 3.43. The molecule has 0 radical (unpaired) electrons. The number of hydrogen-bond donors (Lipinski definition) is 1. The predicted molar refractivity (Wildman–Crippen MR) is 73.3 cm³/mol. The summed E-state index contributed by atoms with van der Waals surface area (Å²) in [5.74, 6) is -1.13. The van der Waals surface area contributed by atoms with E-state index in [2.05, 4.69) is 0 Å². The lowest BCUT2D eigenvalue weighted by molar-refractivity contribution is 0.283. The molecule has 2 aromatic carbocycles. The Labute approximate surface area is 114 Å². The van der Waals surface area contributed by atoms with Crippen molar-refractivity contribution in [2.45, 2.75) is 13.2 Å². The molecule has 0 saturated heterocycles. The normalized spacial score (nSPS) is 11.2. The second kappa shape index (κ2) is 5.06. The first-order valence-corrected chi connectivity index (χ1v) is 6.30. The van der Waals surface area contributed by atoms with Crippen LogP contribution >= 0.6 is 0 Å². The zero-order chi connectivity index (χ0) is 14.1. The summed E-state index contributed by atoms with van der Waals surface area (Å²) in [6.45, 7) is 0.288. The highest BCUT2D eigenvalue weighted by Gasteiger charge is 2.08. The largest absolute Gasteiger partial charge is 0.392 e. The molecule has 0 atom stereocenters. The minimum atomic E-state index is -0.578. The van der Waals surface area contributed by atoms with Crippen LogP contribution < -0.4 is 0 Å². The molecule has 0 amide bonds. The number of rotatable bonds is 3. The fourth-order valence-electron chi connectivity index (χ4n) is 2.40. The summed E-state index contributed by atoms with van der Waals surface area (Å²) in [7, 11) is 0. The standard InChI is InChI=1S/C16H13F2NO/c17-13-5-4-11(15(18)8-13)9-19-7-6-14-12(10-20)2-1-3-16(14)19/h1-8,20H,9-10H2. The van der Waals surface area contributed by atoms with Crippen LogP contribution in [0.1, 0.15) is 11.1 Å². The molecular formula is C16H13F2NO. The number of hydrogen-bond acceptors (Lipinski definition) is 1. The zero-order valence-electron chi connectivity index (χ0n) is 10.7. The van der Waals surface area contributed by atoms with E-state index in [1.807, 2.05) is 35.0 Å². The third-order valence-corrected chi connectivity index (χ3v) is 3.43. The van der Waals surface area contributed by atoms with Crippen LogP contribution in [-0.2, 0) is 13.2 Å². The highest BCUT2D eigenvalue weighted by atomic mass is 19.1. The van der Waals surface area contributed by atoms with Crippen LogP contribution in [0, 0.1) is 11.6 Å². The minimum absolute atomic E-state index is 0.0355. The SMILES string of the molecule is OCc1cccc2c1ccn2Cc1ccc(F)cc1F. The van der Waals surface area contributed by atoms with Crippen LogP contribution in [0.4, 0.5) is 8.78 Å². The third kappa shape index (κ3) is 2.18. The number of halogens is 2. The molecule has 1 N–H and O–H groups in total. The van der Waals surface area contributed by atoms with Gasteiger partial charge in [0.2, 0.25) is 0 Å². The fourth-order valence-corrected chi connectivity index (χ4v) is 2.40. The zero-order valence-corrected chi connectivity index (χ0v) is 10.7. The molecule has 3 rings (SSSR count). The molecule has 20 heavy (non-hydrogen) atoms. The summed E-state index contributed by atoms with van der Waals surface area (Å²) in [6.07, 6.45) is 1.84. The van der Waals surface area contributed by atoms with E-state index in [1.165, 1.54) is 12.1 Å². The van der Waals surface area contributed by atoms with Gasteiger partial charge < -0.3 is 9.67 Å². The second-order valence-corrected chi connectivity index (χ2v) is 4.69. The molecule has 0 aliphatic heterocycles. The molecule has 0 spiro atoms. The Hall–Kier alpha value is -2.20. The molecule has 0 aliphatic rings. The average molecular weight is 273 g/mol. The van der Waals surface area contributed by atoms with Gasteiger partial charge in [-0.3, -0.25) is 0 Å². The first-order chi connectivity index (χ1) is 9.69. The van der Waals surface area contributed by atoms with Crippen molar-refractivity contribution in [1.82, 2.24) is 4.57 Å². The molecule has 0 bridgehead atoms. The number of benzene rings is 2. The molecule has 0 fully saturated rings. The Bertz CT molecular complexity index is 764. The lowest BCUT2D eigenvalue weighted by atomic mass is 10.1. The highest BCUT2D eigenvalue weighted by Crippen LogP contribution is 2.22. The molecule has 0 unspecified atom stereocenters.